The van der Waals surface area contributed by atoms with Gasteiger partial charge in [-0.3, -0.25) is 10.1 Å². The summed E-state index contributed by atoms with van der Waals surface area (Å²) in [6.07, 6.45) is 3.79. The molecule has 0 bridgehead atoms. The molecule has 0 atom stereocenters. The summed E-state index contributed by atoms with van der Waals surface area (Å²) in [7, 11) is 0. The molecule has 0 spiro atoms. The van der Waals surface area contributed by atoms with Crippen molar-refractivity contribution in [1.82, 2.24) is 15.2 Å². The molecule has 0 aliphatic carbocycles. The van der Waals surface area contributed by atoms with Crippen LogP contribution in [-0.4, -0.2) is 34.2 Å². The average Bonchev–Trinajstić information content (AvgIpc) is 3.23. The highest BCUT2D eigenvalue weighted by molar-refractivity contribution is 7.15. The van der Waals surface area contributed by atoms with Gasteiger partial charge in [-0.15, -0.1) is 10.2 Å². The third kappa shape index (κ3) is 4.14. The highest BCUT2D eigenvalue weighted by Gasteiger charge is 2.15. The molecule has 0 radical (unpaired) electrons. The molecular formula is C24H23N5OS. The lowest BCUT2D eigenvalue weighted by atomic mass is 10.0. The molecule has 156 valence electrons. The van der Waals surface area contributed by atoms with Crippen LogP contribution in [0.1, 0.15) is 34.6 Å². The molecule has 1 aliphatic rings. The van der Waals surface area contributed by atoms with E-state index in [1.54, 1.807) is 6.07 Å². The molecule has 1 aliphatic heterocycles. The zero-order valence-electron chi connectivity index (χ0n) is 17.3. The number of piperidine rings is 1. The number of hydrogen-bond donors (Lipinski definition) is 1. The van der Waals surface area contributed by atoms with Crippen molar-refractivity contribution in [2.24, 2.45) is 0 Å². The molecule has 5 rings (SSSR count). The summed E-state index contributed by atoms with van der Waals surface area (Å²) in [4.78, 5) is 20.3. The van der Waals surface area contributed by atoms with Crippen LogP contribution in [0.2, 0.25) is 0 Å². The maximum atomic E-state index is 12.9. The molecule has 7 heteroatoms. The molecular weight excluding hydrogens is 406 g/mol. The Hall–Kier alpha value is -3.32. The number of hydrogen-bond acceptors (Lipinski definition) is 6. The first-order valence-electron chi connectivity index (χ1n) is 10.5. The van der Waals surface area contributed by atoms with Gasteiger partial charge in [-0.1, -0.05) is 41.7 Å². The number of benzene rings is 2. The lowest BCUT2D eigenvalue weighted by molar-refractivity contribution is 0.102. The SMILES string of the molecule is Cc1nnc(NC(=O)c2cccc3ccc(-c4cccc(N5CCCCC5)c4)nc23)s1. The Kier molecular flexibility index (Phi) is 5.34. The van der Waals surface area contributed by atoms with Crippen LogP contribution in [0, 0.1) is 6.92 Å². The van der Waals surface area contributed by atoms with Gasteiger partial charge < -0.3 is 4.90 Å². The van der Waals surface area contributed by atoms with Crippen LogP contribution in [0.5, 0.6) is 0 Å². The van der Waals surface area contributed by atoms with E-state index in [0.29, 0.717) is 16.2 Å². The van der Waals surface area contributed by atoms with Gasteiger partial charge >= 0.3 is 0 Å². The van der Waals surface area contributed by atoms with Gasteiger partial charge in [0.05, 0.1) is 16.8 Å². The first kappa shape index (κ1) is 19.6. The molecule has 0 saturated carbocycles. The minimum Gasteiger partial charge on any atom is -0.372 e. The first-order valence-corrected chi connectivity index (χ1v) is 11.4. The van der Waals surface area contributed by atoms with E-state index in [2.05, 4.69) is 44.7 Å². The third-order valence-electron chi connectivity index (χ3n) is 5.57. The van der Waals surface area contributed by atoms with Crippen molar-refractivity contribution >= 4 is 39.0 Å². The van der Waals surface area contributed by atoms with E-state index >= 15 is 0 Å². The molecule has 2 aromatic heterocycles. The van der Waals surface area contributed by atoms with Crippen LogP contribution >= 0.6 is 11.3 Å². The number of para-hydroxylation sites is 1. The Morgan fingerprint density at radius 3 is 2.65 bits per heavy atom. The smallest absolute Gasteiger partial charge is 0.259 e. The third-order valence-corrected chi connectivity index (χ3v) is 6.33. The van der Waals surface area contributed by atoms with E-state index in [-0.39, 0.29) is 5.91 Å². The minimum atomic E-state index is -0.228. The van der Waals surface area contributed by atoms with Crippen LogP contribution < -0.4 is 10.2 Å². The predicted molar refractivity (Wildman–Crippen MR) is 126 cm³/mol. The maximum Gasteiger partial charge on any atom is 0.259 e. The Morgan fingerprint density at radius 1 is 1.00 bits per heavy atom. The van der Waals surface area contributed by atoms with Crippen molar-refractivity contribution in [3.63, 3.8) is 0 Å². The van der Waals surface area contributed by atoms with E-state index in [4.69, 9.17) is 4.98 Å². The number of amides is 1. The topological polar surface area (TPSA) is 71.0 Å². The van der Waals surface area contributed by atoms with Crippen LogP contribution in [0.25, 0.3) is 22.2 Å². The number of carbonyl (C=O) groups is 1. The van der Waals surface area contributed by atoms with Crippen molar-refractivity contribution in [2.75, 3.05) is 23.3 Å². The van der Waals surface area contributed by atoms with Crippen LogP contribution in [0.3, 0.4) is 0 Å². The summed E-state index contributed by atoms with van der Waals surface area (Å²) in [5.74, 6) is -0.228. The molecule has 1 saturated heterocycles. The number of nitrogens with one attached hydrogen (secondary N) is 1. The second-order valence-corrected chi connectivity index (χ2v) is 8.93. The number of nitrogens with zero attached hydrogens (tertiary/aromatic N) is 4. The van der Waals surface area contributed by atoms with E-state index in [9.17, 15) is 4.79 Å². The Morgan fingerprint density at radius 2 is 1.84 bits per heavy atom. The number of fused-ring (bicyclic) bond motifs is 1. The number of aryl methyl sites for hydroxylation is 1. The lowest BCUT2D eigenvalue weighted by Crippen LogP contribution is -2.29. The molecule has 1 fully saturated rings. The minimum absolute atomic E-state index is 0.228. The van der Waals surface area contributed by atoms with Crippen molar-refractivity contribution in [1.29, 1.82) is 0 Å². The predicted octanol–water partition coefficient (Wildman–Crippen LogP) is 5.30. The van der Waals surface area contributed by atoms with Crippen LogP contribution in [0.15, 0.2) is 54.6 Å². The second-order valence-electron chi connectivity index (χ2n) is 7.75. The normalized spacial score (nSPS) is 14.0. The van der Waals surface area contributed by atoms with Crippen LogP contribution in [-0.2, 0) is 0 Å². The fraction of sp³-hybridized carbons (Fsp3) is 0.250. The Labute approximate surface area is 185 Å². The van der Waals surface area contributed by atoms with Gasteiger partial charge in [0.15, 0.2) is 0 Å². The van der Waals surface area contributed by atoms with Crippen LogP contribution in [0.4, 0.5) is 10.8 Å². The number of carbonyl (C=O) groups excluding carboxylic acids is 1. The molecule has 1 amide bonds. The summed E-state index contributed by atoms with van der Waals surface area (Å²) in [5.41, 5.74) is 4.36. The number of pyridine rings is 1. The Bertz CT molecular complexity index is 1250. The first-order chi connectivity index (χ1) is 15.2. The van der Waals surface area contributed by atoms with Crippen molar-refractivity contribution in [3.8, 4) is 11.3 Å². The average molecular weight is 430 g/mol. The monoisotopic (exact) mass is 429 g/mol. The fourth-order valence-corrected chi connectivity index (χ4v) is 4.60. The molecule has 2 aromatic carbocycles. The standard InChI is InChI=1S/C24H23N5OS/c1-16-27-28-24(31-16)26-23(30)20-10-6-7-17-11-12-21(25-22(17)20)18-8-5-9-19(15-18)29-13-3-2-4-14-29/h5-12,15H,2-4,13-14H2,1H3,(H,26,28,30). The summed E-state index contributed by atoms with van der Waals surface area (Å²) in [5, 5.41) is 13.0. The highest BCUT2D eigenvalue weighted by Crippen LogP contribution is 2.28. The van der Waals surface area contributed by atoms with Crippen molar-refractivity contribution in [3.05, 3.63) is 65.2 Å². The van der Waals surface area contributed by atoms with Gasteiger partial charge in [0.1, 0.15) is 5.01 Å². The van der Waals surface area contributed by atoms with Gasteiger partial charge in [0.25, 0.3) is 5.91 Å². The van der Waals surface area contributed by atoms with Gasteiger partial charge in [0, 0.05) is 29.7 Å². The molecule has 4 aromatic rings. The van der Waals surface area contributed by atoms with Gasteiger partial charge in [-0.25, -0.2) is 4.98 Å². The summed E-state index contributed by atoms with van der Waals surface area (Å²) < 4.78 is 0. The summed E-state index contributed by atoms with van der Waals surface area (Å²) >= 11 is 1.35. The van der Waals surface area contributed by atoms with Gasteiger partial charge in [-0.2, -0.15) is 0 Å². The zero-order chi connectivity index (χ0) is 21.2. The molecule has 0 unspecified atom stereocenters. The molecule has 3 heterocycles. The zero-order valence-corrected chi connectivity index (χ0v) is 18.2. The number of aromatic nitrogens is 3. The van der Waals surface area contributed by atoms with Crippen molar-refractivity contribution < 1.29 is 4.79 Å². The molecule has 1 N–H and O–H groups in total. The lowest BCUT2D eigenvalue weighted by Gasteiger charge is -2.29. The number of rotatable bonds is 4. The van der Waals surface area contributed by atoms with Gasteiger partial charge in [0.2, 0.25) is 5.13 Å². The van der Waals surface area contributed by atoms with Crippen molar-refractivity contribution in [2.45, 2.75) is 26.2 Å². The van der Waals surface area contributed by atoms with E-state index in [1.807, 2.05) is 31.2 Å². The van der Waals surface area contributed by atoms with E-state index in [1.165, 1.54) is 36.3 Å². The molecule has 6 nitrogen and oxygen atoms in total. The Balaban J connectivity index is 1.49. The summed E-state index contributed by atoms with van der Waals surface area (Å²) in [6.45, 7) is 4.06. The maximum absolute atomic E-state index is 12.9. The fourth-order valence-electron chi connectivity index (χ4n) is 4.02. The largest absolute Gasteiger partial charge is 0.372 e. The summed E-state index contributed by atoms with van der Waals surface area (Å²) in [6, 6.07) is 18.2. The quantitative estimate of drug-likeness (QED) is 0.476. The number of anilines is 2. The van der Waals surface area contributed by atoms with E-state index in [0.717, 1.165) is 34.7 Å². The second kappa shape index (κ2) is 8.43. The van der Waals surface area contributed by atoms with E-state index < -0.39 is 0 Å². The highest BCUT2D eigenvalue weighted by atomic mass is 32.1. The van der Waals surface area contributed by atoms with Gasteiger partial charge in [-0.05, 0) is 50.5 Å². The molecule has 31 heavy (non-hydrogen) atoms.